The van der Waals surface area contributed by atoms with E-state index < -0.39 is 5.82 Å². The molecule has 8 heterocycles. The quantitative estimate of drug-likeness (QED) is 0.178. The normalized spacial score (nSPS) is 14.5. The third-order valence-electron chi connectivity index (χ3n) is 10.6. The zero-order valence-electron chi connectivity index (χ0n) is 32.0. The Bertz CT molecular complexity index is 2730. The Morgan fingerprint density at radius 1 is 0.525 bits per heavy atom. The number of imidazole rings is 2. The van der Waals surface area contributed by atoms with Crippen LogP contribution in [0.2, 0.25) is 0 Å². The molecule has 0 radical (unpaired) electrons. The third kappa shape index (κ3) is 9.38. The number of hydrogen-bond donors (Lipinski definition) is 2. The summed E-state index contributed by atoms with van der Waals surface area (Å²) in [4.78, 5) is 12.8. The maximum Gasteiger partial charge on any atom is 0.233 e. The summed E-state index contributed by atoms with van der Waals surface area (Å²) in [6.45, 7) is 7.53. The van der Waals surface area contributed by atoms with E-state index in [1.165, 1.54) is 12.1 Å². The Labute approximate surface area is 362 Å². The van der Waals surface area contributed by atoms with Crippen molar-refractivity contribution in [2.24, 2.45) is 0 Å². The summed E-state index contributed by atoms with van der Waals surface area (Å²) in [5.74, 6) is 0.174. The van der Waals surface area contributed by atoms with Crippen molar-refractivity contribution >= 4 is 82.9 Å². The minimum Gasteiger partial charge on any atom is -0.317 e. The lowest BCUT2D eigenvalue weighted by Crippen LogP contribution is -2.27. The standard InChI is InChI=1S/C21H19F2N5.C20H19FN6.4ClH/c1-12-10-28-11-15(7-18(23)21(28)25-12)14-6-17(22)16-9-19(26-27-20(16)8-14)13-2-4-24-5-3-13;1-12-10-27-11-15(9-23-20(27)24-12)14-6-17(21)16-8-18(25-26-19(16)7-14)13-2-4-22-5-3-13;;;;/h6-11,13,24H,2-5H2,1H3;6-11,13,22H,2-5H2,1H3;4*1H. The molecule has 2 aromatic carbocycles. The van der Waals surface area contributed by atoms with E-state index in [0.29, 0.717) is 50.5 Å². The highest BCUT2D eigenvalue weighted by Gasteiger charge is 2.21. The number of hydrogen-bond acceptors (Lipinski definition) is 9. The number of rotatable bonds is 4. The summed E-state index contributed by atoms with van der Waals surface area (Å²) in [6, 6.07) is 11.6. The van der Waals surface area contributed by atoms with E-state index in [0.717, 1.165) is 85.8 Å². The highest BCUT2D eigenvalue weighted by molar-refractivity contribution is 5.87. The summed E-state index contributed by atoms with van der Waals surface area (Å²) in [5, 5.41) is 24.9. The summed E-state index contributed by atoms with van der Waals surface area (Å²) in [6.07, 6.45) is 13.0. The lowest BCUT2D eigenvalue weighted by atomic mass is 9.93. The number of halogens is 7. The second kappa shape index (κ2) is 19.1. The van der Waals surface area contributed by atoms with Crippen molar-refractivity contribution in [1.29, 1.82) is 0 Å². The predicted octanol–water partition coefficient (Wildman–Crippen LogP) is 8.94. The summed E-state index contributed by atoms with van der Waals surface area (Å²) >= 11 is 0. The summed E-state index contributed by atoms with van der Waals surface area (Å²) in [7, 11) is 0. The minimum absolute atomic E-state index is 0. The molecule has 2 saturated heterocycles. The second-order valence-electron chi connectivity index (χ2n) is 14.5. The van der Waals surface area contributed by atoms with E-state index >= 15 is 0 Å². The Morgan fingerprint density at radius 3 is 1.56 bits per heavy atom. The Hall–Kier alpha value is -4.70. The van der Waals surface area contributed by atoms with Gasteiger partial charge in [-0.1, -0.05) is 0 Å². The van der Waals surface area contributed by atoms with Crippen molar-refractivity contribution in [3.05, 3.63) is 114 Å². The van der Waals surface area contributed by atoms with Crippen LogP contribution in [0, 0.1) is 31.3 Å². The fraction of sp³-hybridized carbons (Fsp3) is 0.293. The van der Waals surface area contributed by atoms with Gasteiger partial charge in [0.25, 0.3) is 0 Å². The molecule has 310 valence electrons. The SMILES string of the molecule is Cc1cn2cc(-c3cc(F)c4cc(C5CCNCC5)nnc4c3)cc(F)c2n1.Cc1cn2cc(-c3cc(F)c4cc(C5CCNCC5)nnc4c3)cnc2n1.Cl.Cl.Cl.Cl. The van der Waals surface area contributed by atoms with Crippen LogP contribution in [0.5, 0.6) is 0 Å². The Balaban J connectivity index is 0.000000210. The van der Waals surface area contributed by atoms with E-state index in [-0.39, 0.29) is 66.9 Å². The van der Waals surface area contributed by atoms with E-state index in [9.17, 15) is 13.2 Å². The molecular weight excluding hydrogens is 845 g/mol. The molecule has 0 spiro atoms. The van der Waals surface area contributed by atoms with Gasteiger partial charge >= 0.3 is 0 Å². The highest BCUT2D eigenvalue weighted by Crippen LogP contribution is 2.32. The molecule has 0 aliphatic carbocycles. The molecule has 2 N–H and O–H groups in total. The molecule has 10 rings (SSSR count). The largest absolute Gasteiger partial charge is 0.317 e. The highest BCUT2D eigenvalue weighted by atomic mass is 35.5. The second-order valence-corrected chi connectivity index (χ2v) is 14.5. The first-order valence-electron chi connectivity index (χ1n) is 18.6. The molecule has 18 heteroatoms. The van der Waals surface area contributed by atoms with Crippen LogP contribution in [0.3, 0.4) is 0 Å². The molecule has 0 atom stereocenters. The first-order chi connectivity index (χ1) is 26.8. The summed E-state index contributed by atoms with van der Waals surface area (Å²) < 4.78 is 47.7. The number of nitrogens with zero attached hydrogens (tertiary/aromatic N) is 9. The van der Waals surface area contributed by atoms with Gasteiger partial charge < -0.3 is 15.0 Å². The maximum atomic E-state index is 14.9. The van der Waals surface area contributed by atoms with Gasteiger partial charge in [-0.05, 0) is 119 Å². The Morgan fingerprint density at radius 2 is 1.00 bits per heavy atom. The van der Waals surface area contributed by atoms with Crippen molar-refractivity contribution in [3.8, 4) is 22.3 Å². The molecule has 2 fully saturated rings. The van der Waals surface area contributed by atoms with Crippen LogP contribution in [0.25, 0.3) is 55.5 Å². The van der Waals surface area contributed by atoms with Crippen LogP contribution in [0.1, 0.15) is 60.3 Å². The van der Waals surface area contributed by atoms with Gasteiger partial charge in [0.2, 0.25) is 5.78 Å². The minimum atomic E-state index is -0.446. The number of nitrogens with one attached hydrogen (secondary N) is 2. The number of pyridine rings is 1. The molecule has 0 amide bonds. The number of benzene rings is 2. The number of aryl methyl sites for hydroxylation is 2. The topological polar surface area (TPSA) is 123 Å². The van der Waals surface area contributed by atoms with Gasteiger partial charge in [-0.2, -0.15) is 20.4 Å². The zero-order valence-corrected chi connectivity index (χ0v) is 35.3. The van der Waals surface area contributed by atoms with Crippen molar-refractivity contribution in [1.82, 2.24) is 54.8 Å². The first kappa shape index (κ1) is 45.4. The number of fused-ring (bicyclic) bond motifs is 4. The van der Waals surface area contributed by atoms with E-state index in [1.54, 1.807) is 48.1 Å². The lowest BCUT2D eigenvalue weighted by molar-refractivity contribution is 0.451. The van der Waals surface area contributed by atoms with Gasteiger partial charge in [0.1, 0.15) is 11.6 Å². The van der Waals surface area contributed by atoms with Crippen LogP contribution in [0.4, 0.5) is 13.2 Å². The molecule has 59 heavy (non-hydrogen) atoms. The van der Waals surface area contributed by atoms with Gasteiger partial charge in [0.05, 0.1) is 33.8 Å². The molecule has 0 bridgehead atoms. The molecule has 6 aromatic heterocycles. The molecule has 8 aromatic rings. The monoisotopic (exact) mass is 885 g/mol. The third-order valence-corrected chi connectivity index (χ3v) is 10.6. The van der Waals surface area contributed by atoms with E-state index in [2.05, 4.69) is 46.0 Å². The fourth-order valence-corrected chi connectivity index (χ4v) is 7.69. The van der Waals surface area contributed by atoms with Crippen LogP contribution >= 0.6 is 49.6 Å². The molecule has 0 unspecified atom stereocenters. The van der Waals surface area contributed by atoms with Gasteiger partial charge in [-0.15, -0.1) is 49.6 Å². The average molecular weight is 888 g/mol. The smallest absolute Gasteiger partial charge is 0.233 e. The molecule has 11 nitrogen and oxygen atoms in total. The van der Waals surface area contributed by atoms with Crippen molar-refractivity contribution < 1.29 is 13.2 Å². The lowest BCUT2D eigenvalue weighted by Gasteiger charge is -2.21. The zero-order chi connectivity index (χ0) is 37.6. The summed E-state index contributed by atoms with van der Waals surface area (Å²) in [5.41, 5.74) is 7.27. The van der Waals surface area contributed by atoms with Crippen molar-refractivity contribution in [2.45, 2.75) is 51.4 Å². The first-order valence-corrected chi connectivity index (χ1v) is 18.6. The van der Waals surface area contributed by atoms with Crippen LogP contribution in [0.15, 0.2) is 73.4 Å². The Kier molecular flexibility index (Phi) is 14.7. The fourth-order valence-electron chi connectivity index (χ4n) is 7.69. The predicted molar refractivity (Wildman–Crippen MR) is 233 cm³/mol. The molecular formula is C41H42Cl4F3N11. The van der Waals surface area contributed by atoms with Crippen LogP contribution < -0.4 is 10.6 Å². The van der Waals surface area contributed by atoms with Crippen molar-refractivity contribution in [2.75, 3.05) is 26.2 Å². The average Bonchev–Trinajstić information content (AvgIpc) is 3.79. The molecule has 2 aliphatic rings. The van der Waals surface area contributed by atoms with Gasteiger partial charge in [-0.3, -0.25) is 4.40 Å². The number of aromatic nitrogens is 9. The van der Waals surface area contributed by atoms with E-state index in [4.69, 9.17) is 0 Å². The molecule has 0 saturated carbocycles. The van der Waals surface area contributed by atoms with Gasteiger partial charge in [0.15, 0.2) is 11.5 Å². The van der Waals surface area contributed by atoms with Crippen molar-refractivity contribution in [3.63, 3.8) is 0 Å². The maximum absolute atomic E-state index is 14.9. The molecule has 2 aliphatic heterocycles. The van der Waals surface area contributed by atoms with E-state index in [1.807, 2.05) is 35.9 Å². The van der Waals surface area contributed by atoms with Crippen LogP contribution in [-0.2, 0) is 0 Å². The van der Waals surface area contributed by atoms with Gasteiger partial charge in [0, 0.05) is 64.7 Å². The van der Waals surface area contributed by atoms with Crippen LogP contribution in [-0.4, -0.2) is 70.3 Å². The van der Waals surface area contributed by atoms with Gasteiger partial charge in [-0.25, -0.2) is 28.1 Å². The number of piperidine rings is 2.